The van der Waals surface area contributed by atoms with Gasteiger partial charge in [0, 0.05) is 28.9 Å². The monoisotopic (exact) mass is 290 g/mol. The minimum absolute atomic E-state index is 0.298. The van der Waals surface area contributed by atoms with Crippen molar-refractivity contribution in [3.8, 4) is 5.75 Å². The van der Waals surface area contributed by atoms with Gasteiger partial charge in [0.1, 0.15) is 11.6 Å². The quantitative estimate of drug-likeness (QED) is 0.862. The maximum absolute atomic E-state index is 6.33. The van der Waals surface area contributed by atoms with Gasteiger partial charge >= 0.3 is 0 Å². The number of hydrogen-bond donors (Lipinski definition) is 1. The lowest BCUT2D eigenvalue weighted by Gasteiger charge is -2.16. The maximum Gasteiger partial charge on any atom is 0.133 e. The van der Waals surface area contributed by atoms with Crippen LogP contribution in [0.1, 0.15) is 19.3 Å². The van der Waals surface area contributed by atoms with Crippen molar-refractivity contribution in [2.75, 3.05) is 19.0 Å². The Balaban J connectivity index is 1.84. The first-order valence-electron chi connectivity index (χ1n) is 7.09. The van der Waals surface area contributed by atoms with Crippen molar-refractivity contribution in [3.05, 3.63) is 30.5 Å². The number of rotatable bonds is 4. The van der Waals surface area contributed by atoms with Crippen molar-refractivity contribution >= 4 is 28.2 Å². The van der Waals surface area contributed by atoms with Crippen LogP contribution < -0.4 is 10.1 Å². The number of benzene rings is 1. The fourth-order valence-corrected chi connectivity index (χ4v) is 3.32. The minimum Gasteiger partial charge on any atom is -0.496 e. The molecule has 3 nitrogen and oxygen atoms in total. The van der Waals surface area contributed by atoms with Crippen LogP contribution in [0.25, 0.3) is 10.8 Å². The molecule has 1 N–H and O–H groups in total. The molecule has 0 radical (unpaired) electrons. The number of methoxy groups -OCH3 is 1. The molecule has 2 aromatic rings. The first-order chi connectivity index (χ1) is 9.79. The number of fused-ring (bicyclic) bond motifs is 1. The second-order valence-corrected chi connectivity index (χ2v) is 5.86. The van der Waals surface area contributed by atoms with Crippen molar-refractivity contribution < 1.29 is 4.74 Å². The van der Waals surface area contributed by atoms with E-state index in [2.05, 4.69) is 16.4 Å². The fraction of sp³-hybridized carbons (Fsp3) is 0.438. The van der Waals surface area contributed by atoms with Crippen molar-refractivity contribution in [3.63, 3.8) is 0 Å². The van der Waals surface area contributed by atoms with Crippen molar-refractivity contribution in [2.45, 2.75) is 24.6 Å². The highest BCUT2D eigenvalue weighted by Gasteiger charge is 2.25. The highest BCUT2D eigenvalue weighted by Crippen LogP contribution is 2.32. The third-order valence-corrected chi connectivity index (χ3v) is 4.66. The Morgan fingerprint density at radius 3 is 2.95 bits per heavy atom. The lowest BCUT2D eigenvalue weighted by Crippen LogP contribution is -2.19. The van der Waals surface area contributed by atoms with Gasteiger partial charge in [0.05, 0.1) is 7.11 Å². The van der Waals surface area contributed by atoms with Gasteiger partial charge < -0.3 is 10.1 Å². The standard InChI is InChI=1S/C16H19ClN2O/c1-20-15-7-3-5-13-12(15)8-9-18-16(13)19-10-11-4-2-6-14(11)17/h3,5,7-9,11,14H,2,4,6,10H2,1H3,(H,18,19). The molecule has 0 aliphatic heterocycles. The van der Waals surface area contributed by atoms with Crippen LogP contribution in [-0.2, 0) is 0 Å². The van der Waals surface area contributed by atoms with Crippen LogP contribution in [0.15, 0.2) is 30.5 Å². The normalized spacial score (nSPS) is 22.1. The molecule has 0 spiro atoms. The van der Waals surface area contributed by atoms with Crippen LogP contribution in [0.4, 0.5) is 5.82 Å². The zero-order valence-electron chi connectivity index (χ0n) is 11.6. The average Bonchev–Trinajstić information content (AvgIpc) is 2.89. The molecule has 1 saturated carbocycles. The molecule has 1 aromatic carbocycles. The first-order valence-corrected chi connectivity index (χ1v) is 7.53. The van der Waals surface area contributed by atoms with Gasteiger partial charge in [-0.1, -0.05) is 18.6 Å². The zero-order chi connectivity index (χ0) is 13.9. The van der Waals surface area contributed by atoms with Crippen LogP contribution in [0, 0.1) is 5.92 Å². The van der Waals surface area contributed by atoms with Crippen LogP contribution in [-0.4, -0.2) is 24.0 Å². The number of aromatic nitrogens is 1. The van der Waals surface area contributed by atoms with E-state index in [1.165, 1.54) is 12.8 Å². The van der Waals surface area contributed by atoms with Gasteiger partial charge in [0.15, 0.2) is 0 Å². The highest BCUT2D eigenvalue weighted by molar-refractivity contribution is 6.21. The molecule has 1 fully saturated rings. The summed E-state index contributed by atoms with van der Waals surface area (Å²) in [4.78, 5) is 4.46. The highest BCUT2D eigenvalue weighted by atomic mass is 35.5. The molecule has 1 aromatic heterocycles. The fourth-order valence-electron chi connectivity index (χ4n) is 2.95. The molecule has 2 atom stereocenters. The third kappa shape index (κ3) is 2.55. The van der Waals surface area contributed by atoms with Crippen molar-refractivity contribution in [1.29, 1.82) is 0 Å². The number of hydrogen-bond acceptors (Lipinski definition) is 3. The Labute approximate surface area is 124 Å². The van der Waals surface area contributed by atoms with Crippen LogP contribution in [0.2, 0.25) is 0 Å². The molecule has 0 bridgehead atoms. The van der Waals surface area contributed by atoms with E-state index in [9.17, 15) is 0 Å². The summed E-state index contributed by atoms with van der Waals surface area (Å²) in [7, 11) is 1.69. The summed E-state index contributed by atoms with van der Waals surface area (Å²) in [5.41, 5.74) is 0. The van der Waals surface area contributed by atoms with Crippen LogP contribution in [0.5, 0.6) is 5.75 Å². The summed E-state index contributed by atoms with van der Waals surface area (Å²) in [5.74, 6) is 2.33. The van der Waals surface area contributed by atoms with Crippen molar-refractivity contribution in [2.24, 2.45) is 5.92 Å². The number of pyridine rings is 1. The molecule has 3 rings (SSSR count). The van der Waals surface area contributed by atoms with Gasteiger partial charge in [-0.25, -0.2) is 4.98 Å². The van der Waals surface area contributed by atoms with Gasteiger partial charge in [-0.2, -0.15) is 0 Å². The molecule has 4 heteroatoms. The Hall–Kier alpha value is -1.48. The van der Waals surface area contributed by atoms with Gasteiger partial charge in [-0.15, -0.1) is 11.6 Å². The SMILES string of the molecule is COc1cccc2c(NCC3CCCC3Cl)nccc12. The molecular weight excluding hydrogens is 272 g/mol. The van der Waals surface area contributed by atoms with Crippen molar-refractivity contribution in [1.82, 2.24) is 4.98 Å². The number of nitrogens with zero attached hydrogens (tertiary/aromatic N) is 1. The second kappa shape index (κ2) is 5.88. The lowest BCUT2D eigenvalue weighted by molar-refractivity contribution is 0.420. The summed E-state index contributed by atoms with van der Waals surface area (Å²) in [6, 6.07) is 8.02. The Morgan fingerprint density at radius 2 is 2.20 bits per heavy atom. The zero-order valence-corrected chi connectivity index (χ0v) is 12.4. The molecule has 2 unspecified atom stereocenters. The summed E-state index contributed by atoms with van der Waals surface area (Å²) in [6.07, 6.45) is 5.39. The first kappa shape index (κ1) is 13.5. The predicted molar refractivity (Wildman–Crippen MR) is 83.8 cm³/mol. The molecule has 0 amide bonds. The molecule has 1 heterocycles. The largest absolute Gasteiger partial charge is 0.496 e. The van der Waals surface area contributed by atoms with E-state index in [1.807, 2.05) is 24.4 Å². The van der Waals surface area contributed by atoms with E-state index in [0.29, 0.717) is 11.3 Å². The van der Waals surface area contributed by atoms with Gasteiger partial charge in [0.2, 0.25) is 0 Å². The van der Waals surface area contributed by atoms with Crippen LogP contribution in [0.3, 0.4) is 0 Å². The summed E-state index contributed by atoms with van der Waals surface area (Å²) < 4.78 is 5.40. The lowest BCUT2D eigenvalue weighted by atomic mass is 10.1. The Bertz CT molecular complexity index is 602. The molecule has 1 aliphatic rings. The molecular formula is C16H19ClN2O. The van der Waals surface area contributed by atoms with Gasteiger partial charge in [0.25, 0.3) is 0 Å². The Morgan fingerprint density at radius 1 is 1.30 bits per heavy atom. The minimum atomic E-state index is 0.298. The maximum atomic E-state index is 6.33. The molecule has 20 heavy (non-hydrogen) atoms. The topological polar surface area (TPSA) is 34.1 Å². The number of ether oxygens (including phenoxy) is 1. The molecule has 0 saturated heterocycles. The third-order valence-electron chi connectivity index (χ3n) is 4.08. The van der Waals surface area contributed by atoms with Gasteiger partial charge in [-0.3, -0.25) is 0 Å². The average molecular weight is 291 g/mol. The summed E-state index contributed by atoms with van der Waals surface area (Å²) >= 11 is 6.33. The number of halogens is 1. The van der Waals surface area contributed by atoms with E-state index in [4.69, 9.17) is 16.3 Å². The van der Waals surface area contributed by atoms with E-state index in [1.54, 1.807) is 7.11 Å². The number of nitrogens with one attached hydrogen (secondary N) is 1. The smallest absolute Gasteiger partial charge is 0.133 e. The van der Waals surface area contributed by atoms with E-state index >= 15 is 0 Å². The summed E-state index contributed by atoms with van der Waals surface area (Å²) in [5, 5.41) is 5.94. The molecule has 1 aliphatic carbocycles. The van der Waals surface area contributed by atoms with E-state index in [-0.39, 0.29) is 0 Å². The van der Waals surface area contributed by atoms with Gasteiger partial charge in [-0.05, 0) is 30.9 Å². The second-order valence-electron chi connectivity index (χ2n) is 5.30. The number of alkyl halides is 1. The van der Waals surface area contributed by atoms with E-state index < -0.39 is 0 Å². The van der Waals surface area contributed by atoms with Crippen LogP contribution >= 0.6 is 11.6 Å². The number of anilines is 1. The van der Waals surface area contributed by atoms with E-state index in [0.717, 1.165) is 35.3 Å². The Kier molecular flexibility index (Phi) is 3.97. The predicted octanol–water partition coefficient (Wildman–Crippen LogP) is 4.06. The summed E-state index contributed by atoms with van der Waals surface area (Å²) in [6.45, 7) is 0.886. The molecule has 106 valence electrons.